The third-order valence-corrected chi connectivity index (χ3v) is 1.53. The minimum Gasteiger partial charge on any atom is -0.388 e. The number of hydrogen-bond donors (Lipinski definition) is 3. The molecular formula is C9H17N3O. The lowest BCUT2D eigenvalue weighted by molar-refractivity contribution is 0.249. The standard InChI is InChI=1S/C9H17N3O/c1-3-11-6-4-8(2)5-7-12-9(10)13/h3-4,11H,1,5-7H2,2H3,(H3,10,12,13)/b8-4+. The van der Waals surface area contributed by atoms with Crippen LogP contribution in [0.5, 0.6) is 0 Å². The van der Waals surface area contributed by atoms with Gasteiger partial charge in [0, 0.05) is 13.1 Å². The van der Waals surface area contributed by atoms with Crippen molar-refractivity contribution in [2.45, 2.75) is 13.3 Å². The number of nitrogens with two attached hydrogens (primary N) is 1. The molecule has 0 rings (SSSR count). The zero-order valence-electron chi connectivity index (χ0n) is 7.97. The van der Waals surface area contributed by atoms with Gasteiger partial charge in [-0.15, -0.1) is 0 Å². The second kappa shape index (κ2) is 7.21. The van der Waals surface area contributed by atoms with E-state index in [2.05, 4.69) is 17.2 Å². The van der Waals surface area contributed by atoms with Crippen LogP contribution in [0.4, 0.5) is 4.79 Å². The summed E-state index contributed by atoms with van der Waals surface area (Å²) < 4.78 is 0. The van der Waals surface area contributed by atoms with Crippen molar-refractivity contribution in [3.05, 3.63) is 24.4 Å². The van der Waals surface area contributed by atoms with Crippen molar-refractivity contribution in [3.8, 4) is 0 Å². The molecule has 0 atom stereocenters. The minimum atomic E-state index is -0.475. The predicted molar refractivity (Wildman–Crippen MR) is 54.2 cm³/mol. The van der Waals surface area contributed by atoms with Gasteiger partial charge in [-0.05, 0) is 19.5 Å². The second-order valence-electron chi connectivity index (χ2n) is 2.70. The van der Waals surface area contributed by atoms with Crippen molar-refractivity contribution in [2.75, 3.05) is 13.1 Å². The quantitative estimate of drug-likeness (QED) is 0.419. The van der Waals surface area contributed by atoms with E-state index in [9.17, 15) is 4.79 Å². The van der Waals surface area contributed by atoms with E-state index in [1.807, 2.05) is 13.0 Å². The van der Waals surface area contributed by atoms with Crippen LogP contribution in [0.2, 0.25) is 0 Å². The summed E-state index contributed by atoms with van der Waals surface area (Å²) in [5.41, 5.74) is 6.12. The highest BCUT2D eigenvalue weighted by atomic mass is 16.2. The Hall–Kier alpha value is -1.45. The Balaban J connectivity index is 3.48. The number of hydrogen-bond acceptors (Lipinski definition) is 2. The molecule has 0 spiro atoms. The average Bonchev–Trinajstić information content (AvgIpc) is 2.04. The Morgan fingerprint density at radius 1 is 1.62 bits per heavy atom. The van der Waals surface area contributed by atoms with Crippen LogP contribution in [0.1, 0.15) is 13.3 Å². The SMILES string of the molecule is C=CNC/C=C(\C)CCNC(N)=O. The van der Waals surface area contributed by atoms with E-state index in [0.717, 1.165) is 13.0 Å². The van der Waals surface area contributed by atoms with Crippen LogP contribution in [0.15, 0.2) is 24.4 Å². The molecule has 0 unspecified atom stereocenters. The van der Waals surface area contributed by atoms with Gasteiger partial charge >= 0.3 is 6.03 Å². The molecule has 0 aromatic rings. The molecule has 0 fully saturated rings. The molecule has 0 aliphatic heterocycles. The second-order valence-corrected chi connectivity index (χ2v) is 2.70. The van der Waals surface area contributed by atoms with Gasteiger partial charge < -0.3 is 16.4 Å². The van der Waals surface area contributed by atoms with Crippen molar-refractivity contribution in [3.63, 3.8) is 0 Å². The first-order valence-electron chi connectivity index (χ1n) is 4.20. The summed E-state index contributed by atoms with van der Waals surface area (Å²) in [6, 6.07) is -0.475. The maximum atomic E-state index is 10.3. The predicted octanol–water partition coefficient (Wildman–Crippen LogP) is 0.724. The van der Waals surface area contributed by atoms with Crippen molar-refractivity contribution < 1.29 is 4.79 Å². The Morgan fingerprint density at radius 3 is 2.85 bits per heavy atom. The van der Waals surface area contributed by atoms with Gasteiger partial charge in [0.15, 0.2) is 0 Å². The molecule has 13 heavy (non-hydrogen) atoms. The molecule has 4 nitrogen and oxygen atoms in total. The highest BCUT2D eigenvalue weighted by Gasteiger charge is 1.92. The van der Waals surface area contributed by atoms with E-state index in [4.69, 9.17) is 5.73 Å². The number of amides is 2. The van der Waals surface area contributed by atoms with E-state index < -0.39 is 6.03 Å². The van der Waals surface area contributed by atoms with E-state index in [1.54, 1.807) is 6.20 Å². The van der Waals surface area contributed by atoms with Crippen LogP contribution in [0.25, 0.3) is 0 Å². The number of nitrogens with one attached hydrogen (secondary N) is 2. The van der Waals surface area contributed by atoms with Crippen LogP contribution in [0.3, 0.4) is 0 Å². The zero-order chi connectivity index (χ0) is 10.1. The molecule has 0 radical (unpaired) electrons. The lowest BCUT2D eigenvalue weighted by Crippen LogP contribution is -2.30. The molecule has 0 aliphatic rings. The van der Waals surface area contributed by atoms with Gasteiger partial charge in [0.1, 0.15) is 0 Å². The molecule has 4 heteroatoms. The van der Waals surface area contributed by atoms with Crippen LogP contribution < -0.4 is 16.4 Å². The van der Waals surface area contributed by atoms with Gasteiger partial charge in [-0.3, -0.25) is 0 Å². The summed E-state index contributed by atoms with van der Waals surface area (Å²) in [6.45, 7) is 6.90. The molecule has 4 N–H and O–H groups in total. The van der Waals surface area contributed by atoms with Crippen LogP contribution in [-0.2, 0) is 0 Å². The highest BCUT2D eigenvalue weighted by molar-refractivity contribution is 5.71. The number of carbonyl (C=O) groups excluding carboxylic acids is 1. The highest BCUT2D eigenvalue weighted by Crippen LogP contribution is 1.96. The summed E-state index contributed by atoms with van der Waals surface area (Å²) >= 11 is 0. The molecule has 0 saturated carbocycles. The molecule has 0 aromatic heterocycles. The van der Waals surface area contributed by atoms with E-state index in [0.29, 0.717) is 6.54 Å². The largest absolute Gasteiger partial charge is 0.388 e. The van der Waals surface area contributed by atoms with Crippen LogP contribution >= 0.6 is 0 Å². The van der Waals surface area contributed by atoms with Crippen LogP contribution in [0, 0.1) is 0 Å². The molecule has 2 amide bonds. The summed E-state index contributed by atoms with van der Waals surface area (Å²) in [5.74, 6) is 0. The van der Waals surface area contributed by atoms with Crippen molar-refractivity contribution in [1.82, 2.24) is 10.6 Å². The maximum absolute atomic E-state index is 10.3. The van der Waals surface area contributed by atoms with Gasteiger partial charge in [-0.25, -0.2) is 4.79 Å². The normalized spacial score (nSPS) is 10.7. The molecule has 74 valence electrons. The monoisotopic (exact) mass is 183 g/mol. The third-order valence-electron chi connectivity index (χ3n) is 1.53. The lowest BCUT2D eigenvalue weighted by atomic mass is 10.2. The first-order valence-corrected chi connectivity index (χ1v) is 4.20. The van der Waals surface area contributed by atoms with Crippen molar-refractivity contribution in [2.24, 2.45) is 5.73 Å². The number of primary amides is 1. The van der Waals surface area contributed by atoms with Gasteiger partial charge in [-0.2, -0.15) is 0 Å². The average molecular weight is 183 g/mol. The minimum absolute atomic E-state index is 0.475. The van der Waals surface area contributed by atoms with Gasteiger partial charge in [0.05, 0.1) is 0 Å². The summed E-state index contributed by atoms with van der Waals surface area (Å²) in [6.07, 6.45) is 4.51. The van der Waals surface area contributed by atoms with E-state index in [1.165, 1.54) is 5.57 Å². The third kappa shape index (κ3) is 8.46. The fraction of sp³-hybridized carbons (Fsp3) is 0.444. The zero-order valence-corrected chi connectivity index (χ0v) is 7.97. The first-order chi connectivity index (χ1) is 6.16. The fourth-order valence-electron chi connectivity index (χ4n) is 0.801. The fourth-order valence-corrected chi connectivity index (χ4v) is 0.801. The van der Waals surface area contributed by atoms with E-state index >= 15 is 0 Å². The Morgan fingerprint density at radius 2 is 2.31 bits per heavy atom. The number of carbonyl (C=O) groups is 1. The summed E-state index contributed by atoms with van der Waals surface area (Å²) in [4.78, 5) is 10.3. The lowest BCUT2D eigenvalue weighted by Gasteiger charge is -2.02. The first kappa shape index (κ1) is 11.6. The molecule has 0 bridgehead atoms. The molecule has 0 aromatic carbocycles. The summed E-state index contributed by atoms with van der Waals surface area (Å²) in [7, 11) is 0. The number of urea groups is 1. The summed E-state index contributed by atoms with van der Waals surface area (Å²) in [5, 5.41) is 5.48. The van der Waals surface area contributed by atoms with Gasteiger partial charge in [-0.1, -0.05) is 18.2 Å². The molecule has 0 saturated heterocycles. The Bertz CT molecular complexity index is 199. The topological polar surface area (TPSA) is 67.2 Å². The molecular weight excluding hydrogens is 166 g/mol. The Kier molecular flexibility index (Phi) is 6.41. The molecule has 0 aliphatic carbocycles. The van der Waals surface area contributed by atoms with Crippen molar-refractivity contribution >= 4 is 6.03 Å². The van der Waals surface area contributed by atoms with Crippen LogP contribution in [-0.4, -0.2) is 19.1 Å². The van der Waals surface area contributed by atoms with Gasteiger partial charge in [0.25, 0.3) is 0 Å². The van der Waals surface area contributed by atoms with Crippen molar-refractivity contribution in [1.29, 1.82) is 0 Å². The Labute approximate surface area is 78.9 Å². The smallest absolute Gasteiger partial charge is 0.312 e. The maximum Gasteiger partial charge on any atom is 0.312 e. The number of rotatable bonds is 6. The molecule has 0 heterocycles. The van der Waals surface area contributed by atoms with Gasteiger partial charge in [0.2, 0.25) is 0 Å². The van der Waals surface area contributed by atoms with E-state index in [-0.39, 0.29) is 0 Å².